The fraction of sp³-hybridized carbons (Fsp3) is 0.400. The molecule has 4 rings (SSSR count). The minimum absolute atomic E-state index is 0.746. The first-order valence-electron chi connectivity index (χ1n) is 9.98. The Morgan fingerprint density at radius 3 is 2.19 bits per heavy atom. The molecule has 0 unspecified atom stereocenters. The highest BCUT2D eigenvalue weighted by atomic mass is 14.9. The molecule has 1 heteroatoms. The standard InChI is InChI=1S/C25H30N/c1-16-14-21(20-10-6-7-11-20)15-24(17(16)2)25-23-13-9-8-12-22(23)18(3)19(4)26(25)5/h8-9,12-15,20H,6-7,10-11H2,1-5H3/q+1. The zero-order valence-electron chi connectivity index (χ0n) is 16.8. The fourth-order valence-electron chi connectivity index (χ4n) is 4.77. The minimum atomic E-state index is 0.746. The van der Waals surface area contributed by atoms with Crippen molar-refractivity contribution in [2.75, 3.05) is 0 Å². The summed E-state index contributed by atoms with van der Waals surface area (Å²) in [5.74, 6) is 0.746. The first kappa shape index (κ1) is 17.3. The summed E-state index contributed by atoms with van der Waals surface area (Å²) in [5, 5.41) is 2.74. The molecule has 0 spiro atoms. The van der Waals surface area contributed by atoms with Crippen molar-refractivity contribution >= 4 is 10.8 Å². The third kappa shape index (κ3) is 2.65. The third-order valence-corrected chi connectivity index (χ3v) is 6.74. The Kier molecular flexibility index (Phi) is 4.34. The molecule has 0 atom stereocenters. The molecule has 1 fully saturated rings. The van der Waals surface area contributed by atoms with Crippen molar-refractivity contribution in [2.24, 2.45) is 7.05 Å². The first-order chi connectivity index (χ1) is 12.5. The van der Waals surface area contributed by atoms with Gasteiger partial charge in [-0.15, -0.1) is 0 Å². The molecule has 1 aliphatic carbocycles. The smallest absolute Gasteiger partial charge is 0.198 e. The lowest BCUT2D eigenvalue weighted by Crippen LogP contribution is -2.36. The molecule has 3 aromatic rings. The van der Waals surface area contributed by atoms with Gasteiger partial charge in [-0.05, 0) is 73.7 Å². The minimum Gasteiger partial charge on any atom is -0.198 e. The highest BCUT2D eigenvalue weighted by molar-refractivity contribution is 5.96. The van der Waals surface area contributed by atoms with Crippen molar-refractivity contribution in [3.63, 3.8) is 0 Å². The summed E-state index contributed by atoms with van der Waals surface area (Å²) in [5.41, 5.74) is 9.89. The van der Waals surface area contributed by atoms with Crippen LogP contribution in [0.4, 0.5) is 0 Å². The van der Waals surface area contributed by atoms with Crippen LogP contribution < -0.4 is 4.57 Å². The van der Waals surface area contributed by atoms with Crippen LogP contribution in [0, 0.1) is 27.7 Å². The van der Waals surface area contributed by atoms with Crippen molar-refractivity contribution in [1.29, 1.82) is 0 Å². The van der Waals surface area contributed by atoms with Crippen LogP contribution in [0.3, 0.4) is 0 Å². The summed E-state index contributed by atoms with van der Waals surface area (Å²) in [6.07, 6.45) is 5.46. The molecule has 0 amide bonds. The van der Waals surface area contributed by atoms with E-state index >= 15 is 0 Å². The van der Waals surface area contributed by atoms with Crippen LogP contribution in [-0.4, -0.2) is 0 Å². The number of hydrogen-bond acceptors (Lipinski definition) is 0. The lowest BCUT2D eigenvalue weighted by molar-refractivity contribution is -0.665. The summed E-state index contributed by atoms with van der Waals surface area (Å²) in [7, 11) is 2.22. The number of hydrogen-bond donors (Lipinski definition) is 0. The van der Waals surface area contributed by atoms with Crippen LogP contribution in [0.15, 0.2) is 36.4 Å². The van der Waals surface area contributed by atoms with Crippen molar-refractivity contribution in [3.05, 3.63) is 64.3 Å². The van der Waals surface area contributed by atoms with Crippen molar-refractivity contribution in [2.45, 2.75) is 59.3 Å². The van der Waals surface area contributed by atoms with Crippen LogP contribution in [0.1, 0.15) is 59.5 Å². The number of fused-ring (bicyclic) bond motifs is 1. The molecular formula is C25H30N+. The van der Waals surface area contributed by atoms with Gasteiger partial charge in [-0.3, -0.25) is 0 Å². The highest BCUT2D eigenvalue weighted by Crippen LogP contribution is 2.39. The molecule has 0 bridgehead atoms. The first-order valence-corrected chi connectivity index (χ1v) is 9.98. The Hall–Kier alpha value is -2.15. The molecule has 0 N–H and O–H groups in total. The van der Waals surface area contributed by atoms with E-state index in [2.05, 4.69) is 75.7 Å². The molecule has 26 heavy (non-hydrogen) atoms. The molecule has 0 saturated heterocycles. The van der Waals surface area contributed by atoms with E-state index in [0.29, 0.717) is 0 Å². The van der Waals surface area contributed by atoms with E-state index in [4.69, 9.17) is 0 Å². The molecule has 2 aromatic carbocycles. The normalized spacial score (nSPS) is 15.1. The lowest BCUT2D eigenvalue weighted by atomic mass is 9.88. The zero-order valence-corrected chi connectivity index (χ0v) is 16.8. The summed E-state index contributed by atoms with van der Waals surface area (Å²) in [6, 6.07) is 13.8. The number of aryl methyl sites for hydroxylation is 2. The second-order valence-corrected chi connectivity index (χ2v) is 8.16. The fourth-order valence-corrected chi connectivity index (χ4v) is 4.77. The van der Waals surface area contributed by atoms with Gasteiger partial charge >= 0.3 is 0 Å². The van der Waals surface area contributed by atoms with Gasteiger partial charge in [0, 0.05) is 12.5 Å². The van der Waals surface area contributed by atoms with Gasteiger partial charge in [-0.2, -0.15) is 4.57 Å². The van der Waals surface area contributed by atoms with E-state index in [1.807, 2.05) is 0 Å². The van der Waals surface area contributed by atoms with E-state index in [9.17, 15) is 0 Å². The molecule has 1 nitrogen and oxygen atoms in total. The molecule has 134 valence electrons. The van der Waals surface area contributed by atoms with Gasteiger partial charge in [-0.1, -0.05) is 37.1 Å². The third-order valence-electron chi connectivity index (χ3n) is 6.74. The Labute approximate surface area is 157 Å². The average molecular weight is 345 g/mol. The van der Waals surface area contributed by atoms with Crippen LogP contribution in [0.5, 0.6) is 0 Å². The van der Waals surface area contributed by atoms with Crippen LogP contribution in [0.2, 0.25) is 0 Å². The SMILES string of the molecule is Cc1cc(C2CCCC2)cc(-c2c3ccccc3c(C)c(C)[n+]2C)c1C. The number of benzene rings is 2. The van der Waals surface area contributed by atoms with Crippen molar-refractivity contribution < 1.29 is 4.57 Å². The Bertz CT molecular complexity index is 991. The van der Waals surface area contributed by atoms with E-state index in [-0.39, 0.29) is 0 Å². The summed E-state index contributed by atoms with van der Waals surface area (Å²) < 4.78 is 2.40. The molecule has 0 aliphatic heterocycles. The molecular weight excluding hydrogens is 314 g/mol. The highest BCUT2D eigenvalue weighted by Gasteiger charge is 2.25. The summed E-state index contributed by atoms with van der Waals surface area (Å²) >= 11 is 0. The van der Waals surface area contributed by atoms with Gasteiger partial charge < -0.3 is 0 Å². The van der Waals surface area contributed by atoms with E-state index < -0.39 is 0 Å². The van der Waals surface area contributed by atoms with Gasteiger partial charge in [0.05, 0.1) is 10.9 Å². The molecule has 0 radical (unpaired) electrons. The van der Waals surface area contributed by atoms with Crippen molar-refractivity contribution in [1.82, 2.24) is 0 Å². The predicted molar refractivity (Wildman–Crippen MR) is 111 cm³/mol. The van der Waals surface area contributed by atoms with Gasteiger partial charge in [-0.25, -0.2) is 0 Å². The average Bonchev–Trinajstić information content (AvgIpc) is 3.18. The number of rotatable bonds is 2. The monoisotopic (exact) mass is 344 g/mol. The topological polar surface area (TPSA) is 3.88 Å². The van der Waals surface area contributed by atoms with Gasteiger partial charge in [0.1, 0.15) is 7.05 Å². The summed E-state index contributed by atoms with van der Waals surface area (Å²) in [4.78, 5) is 0. The quantitative estimate of drug-likeness (QED) is 0.486. The van der Waals surface area contributed by atoms with Crippen LogP contribution in [-0.2, 0) is 7.05 Å². The summed E-state index contributed by atoms with van der Waals surface area (Å²) in [6.45, 7) is 9.05. The molecule has 1 heterocycles. The van der Waals surface area contributed by atoms with Gasteiger partial charge in [0.25, 0.3) is 0 Å². The number of aromatic nitrogens is 1. The van der Waals surface area contributed by atoms with E-state index in [0.717, 1.165) is 5.92 Å². The Balaban J connectivity index is 2.04. The van der Waals surface area contributed by atoms with Gasteiger partial charge in [0.15, 0.2) is 5.69 Å². The largest absolute Gasteiger partial charge is 0.220 e. The maximum absolute atomic E-state index is 2.49. The lowest BCUT2D eigenvalue weighted by Gasteiger charge is -2.17. The van der Waals surface area contributed by atoms with Crippen LogP contribution in [0.25, 0.3) is 22.0 Å². The zero-order chi connectivity index (χ0) is 18.4. The predicted octanol–water partition coefficient (Wildman–Crippen LogP) is 6.22. The molecule has 1 aliphatic rings. The Morgan fingerprint density at radius 1 is 0.846 bits per heavy atom. The number of nitrogens with zero attached hydrogens (tertiary/aromatic N) is 1. The second-order valence-electron chi connectivity index (χ2n) is 8.16. The number of pyridine rings is 1. The van der Waals surface area contributed by atoms with Crippen molar-refractivity contribution in [3.8, 4) is 11.3 Å². The van der Waals surface area contributed by atoms with Gasteiger partial charge in [0.2, 0.25) is 5.69 Å². The maximum Gasteiger partial charge on any atom is 0.220 e. The van der Waals surface area contributed by atoms with E-state index in [1.54, 1.807) is 5.56 Å². The maximum atomic E-state index is 2.49. The second kappa shape index (κ2) is 6.54. The van der Waals surface area contributed by atoms with Crippen LogP contribution >= 0.6 is 0 Å². The molecule has 1 aromatic heterocycles. The van der Waals surface area contributed by atoms with E-state index in [1.165, 1.54) is 70.1 Å². The molecule has 1 saturated carbocycles. The Morgan fingerprint density at radius 2 is 1.50 bits per heavy atom.